The van der Waals surface area contributed by atoms with E-state index < -0.39 is 0 Å². The van der Waals surface area contributed by atoms with Gasteiger partial charge in [-0.2, -0.15) is 0 Å². The number of nitrogens with zero attached hydrogens (tertiary/aromatic N) is 1. The van der Waals surface area contributed by atoms with E-state index in [0.717, 1.165) is 25.9 Å². The maximum Gasteiger partial charge on any atom is 0.226 e. The first kappa shape index (κ1) is 5.96. The zero-order valence-corrected chi connectivity index (χ0v) is 5.84. The lowest BCUT2D eigenvalue weighted by atomic mass is 10.3. The molecule has 1 aliphatic carbocycles. The zero-order chi connectivity index (χ0) is 6.97. The number of carbonyl (C=O) groups excluding carboxylic acids is 1. The monoisotopic (exact) mass is 136 g/mol. The first-order valence-corrected chi connectivity index (χ1v) is 3.72. The van der Waals surface area contributed by atoms with Gasteiger partial charge in [0, 0.05) is 19.0 Å². The highest BCUT2D eigenvalue weighted by Gasteiger charge is 2.33. The first-order valence-electron chi connectivity index (χ1n) is 3.72. The molecular weight excluding hydrogens is 126 g/mol. The maximum absolute atomic E-state index is 11.3. The van der Waals surface area contributed by atoms with E-state index in [2.05, 4.69) is 6.08 Å². The van der Waals surface area contributed by atoms with Crippen molar-refractivity contribution in [3.63, 3.8) is 0 Å². The molecule has 53 valence electrons. The summed E-state index contributed by atoms with van der Waals surface area (Å²) in [7, 11) is 0. The highest BCUT2D eigenvalue weighted by Crippen LogP contribution is 2.31. The van der Waals surface area contributed by atoms with Crippen LogP contribution in [0.25, 0.3) is 0 Å². The molecule has 0 bridgehead atoms. The van der Waals surface area contributed by atoms with E-state index in [1.807, 2.05) is 11.0 Å². The predicted octanol–water partition coefficient (Wildman–Crippen LogP) is 0.598. The Morgan fingerprint density at radius 2 is 2.40 bits per heavy atom. The fraction of sp³-hybridized carbons (Fsp3) is 0.625. The quantitative estimate of drug-likeness (QED) is 0.517. The topological polar surface area (TPSA) is 20.3 Å². The molecule has 0 saturated heterocycles. The lowest BCUT2D eigenvalue weighted by molar-refractivity contribution is -0.131. The summed E-state index contributed by atoms with van der Waals surface area (Å²) in [6, 6.07) is 0. The Hall–Kier alpha value is -0.790. The van der Waals surface area contributed by atoms with Gasteiger partial charge in [-0.15, -0.1) is 0 Å². The Balaban J connectivity index is 1.92. The van der Waals surface area contributed by atoms with Gasteiger partial charge in [0.15, 0.2) is 0 Å². The van der Waals surface area contributed by atoms with Crippen LogP contribution in [0.15, 0.2) is 6.08 Å². The van der Waals surface area contributed by atoms with Crippen LogP contribution in [-0.2, 0) is 4.79 Å². The van der Waals surface area contributed by atoms with Crippen molar-refractivity contribution in [1.29, 1.82) is 0 Å². The molecule has 0 aromatic rings. The van der Waals surface area contributed by atoms with Crippen molar-refractivity contribution in [2.45, 2.75) is 12.8 Å². The summed E-state index contributed by atoms with van der Waals surface area (Å²) >= 11 is 0. The summed E-state index contributed by atoms with van der Waals surface area (Å²) in [5.74, 6) is 0.703. The van der Waals surface area contributed by atoms with Gasteiger partial charge in [-0.1, -0.05) is 6.08 Å². The minimum atomic E-state index is 0.334. The molecule has 0 spiro atoms. The summed E-state index contributed by atoms with van der Waals surface area (Å²) in [4.78, 5) is 13.1. The molecule has 0 aromatic heterocycles. The van der Waals surface area contributed by atoms with E-state index >= 15 is 0 Å². The van der Waals surface area contributed by atoms with Crippen LogP contribution < -0.4 is 0 Å². The van der Waals surface area contributed by atoms with Gasteiger partial charge in [0.1, 0.15) is 0 Å². The molecule has 1 radical (unpaired) electrons. The molecule has 1 heterocycles. The van der Waals surface area contributed by atoms with Gasteiger partial charge in [0.05, 0.1) is 0 Å². The van der Waals surface area contributed by atoms with E-state index in [4.69, 9.17) is 0 Å². The van der Waals surface area contributed by atoms with Gasteiger partial charge >= 0.3 is 0 Å². The second kappa shape index (κ2) is 2.11. The minimum absolute atomic E-state index is 0.334. The normalized spacial score (nSPS) is 23.8. The molecule has 1 fully saturated rings. The van der Waals surface area contributed by atoms with Gasteiger partial charge in [-0.3, -0.25) is 4.79 Å². The van der Waals surface area contributed by atoms with Gasteiger partial charge in [0.25, 0.3) is 0 Å². The van der Waals surface area contributed by atoms with Crippen molar-refractivity contribution in [1.82, 2.24) is 4.90 Å². The third kappa shape index (κ3) is 0.939. The largest absolute Gasteiger partial charge is 0.334 e. The summed E-state index contributed by atoms with van der Waals surface area (Å²) in [5.41, 5.74) is 0. The van der Waals surface area contributed by atoms with Gasteiger partial charge in [-0.05, 0) is 18.9 Å². The second-order valence-corrected chi connectivity index (χ2v) is 2.90. The van der Waals surface area contributed by atoms with Gasteiger partial charge < -0.3 is 4.90 Å². The van der Waals surface area contributed by atoms with Crippen LogP contribution in [-0.4, -0.2) is 23.9 Å². The molecule has 1 amide bonds. The Kier molecular flexibility index (Phi) is 1.26. The molecular formula is C8H10NO. The Bertz CT molecular complexity index is 174. The van der Waals surface area contributed by atoms with Gasteiger partial charge in [-0.25, -0.2) is 0 Å². The van der Waals surface area contributed by atoms with Crippen LogP contribution in [0.4, 0.5) is 0 Å². The fourth-order valence-corrected chi connectivity index (χ4v) is 1.17. The molecule has 2 heteroatoms. The zero-order valence-electron chi connectivity index (χ0n) is 5.84. The number of rotatable bonds is 1. The van der Waals surface area contributed by atoms with E-state index in [1.54, 1.807) is 0 Å². The molecule has 0 atom stereocenters. The molecule has 2 rings (SSSR count). The van der Waals surface area contributed by atoms with Crippen molar-refractivity contribution in [3.8, 4) is 0 Å². The van der Waals surface area contributed by atoms with E-state index in [1.165, 1.54) is 0 Å². The van der Waals surface area contributed by atoms with Crippen molar-refractivity contribution < 1.29 is 4.79 Å². The predicted molar refractivity (Wildman–Crippen MR) is 37.1 cm³/mol. The molecule has 0 N–H and O–H groups in total. The Morgan fingerprint density at radius 3 is 2.90 bits per heavy atom. The van der Waals surface area contributed by atoms with Crippen LogP contribution in [0.2, 0.25) is 0 Å². The lowest BCUT2D eigenvalue weighted by Gasteiger charge is -2.13. The molecule has 0 unspecified atom stereocenters. The summed E-state index contributed by atoms with van der Waals surface area (Å²) in [6.45, 7) is 1.50. The first-order chi connectivity index (χ1) is 4.88. The highest BCUT2D eigenvalue weighted by atomic mass is 16.2. The fourth-order valence-electron chi connectivity index (χ4n) is 1.17. The van der Waals surface area contributed by atoms with Crippen LogP contribution in [0, 0.1) is 12.0 Å². The van der Waals surface area contributed by atoms with E-state index in [0.29, 0.717) is 11.8 Å². The van der Waals surface area contributed by atoms with Crippen molar-refractivity contribution in [2.75, 3.05) is 13.1 Å². The molecule has 0 aromatic carbocycles. The number of carbonyl (C=O) groups is 1. The average molecular weight is 136 g/mol. The Morgan fingerprint density at radius 1 is 1.60 bits per heavy atom. The molecule has 1 aliphatic heterocycles. The standard InChI is InChI=1S/C8H10NO/c10-8(7-3-4-7)9-5-1-2-6-9/h1,7H,3-6H2. The third-order valence-corrected chi connectivity index (χ3v) is 1.98. The van der Waals surface area contributed by atoms with E-state index in [9.17, 15) is 4.79 Å². The number of hydrogen-bond donors (Lipinski definition) is 0. The highest BCUT2D eigenvalue weighted by molar-refractivity contribution is 5.81. The SMILES string of the molecule is O=C(C1CC1)N1C[C]=CC1. The summed E-state index contributed by atoms with van der Waals surface area (Å²) in [5, 5.41) is 0. The Labute approximate surface area is 60.5 Å². The van der Waals surface area contributed by atoms with Crippen LogP contribution in [0.5, 0.6) is 0 Å². The molecule has 1 saturated carbocycles. The van der Waals surface area contributed by atoms with E-state index in [-0.39, 0.29) is 0 Å². The van der Waals surface area contributed by atoms with Crippen molar-refractivity contribution in [3.05, 3.63) is 12.2 Å². The van der Waals surface area contributed by atoms with Gasteiger partial charge in [0.2, 0.25) is 5.91 Å². The van der Waals surface area contributed by atoms with Crippen LogP contribution in [0.3, 0.4) is 0 Å². The van der Waals surface area contributed by atoms with Crippen LogP contribution >= 0.6 is 0 Å². The molecule has 10 heavy (non-hydrogen) atoms. The minimum Gasteiger partial charge on any atom is -0.334 e. The maximum atomic E-state index is 11.3. The molecule has 2 aliphatic rings. The lowest BCUT2D eigenvalue weighted by Crippen LogP contribution is -2.29. The summed E-state index contributed by atoms with van der Waals surface area (Å²) in [6.07, 6.45) is 7.16. The van der Waals surface area contributed by atoms with Crippen molar-refractivity contribution >= 4 is 5.91 Å². The summed E-state index contributed by atoms with van der Waals surface area (Å²) < 4.78 is 0. The number of hydrogen-bond acceptors (Lipinski definition) is 1. The van der Waals surface area contributed by atoms with Crippen LogP contribution in [0.1, 0.15) is 12.8 Å². The van der Waals surface area contributed by atoms with Crippen molar-refractivity contribution in [2.24, 2.45) is 5.92 Å². The second-order valence-electron chi connectivity index (χ2n) is 2.90. The molecule has 2 nitrogen and oxygen atoms in total. The number of amides is 1. The smallest absolute Gasteiger partial charge is 0.226 e. The average Bonchev–Trinajstić information content (AvgIpc) is 2.65. The third-order valence-electron chi connectivity index (χ3n) is 1.98.